The minimum atomic E-state index is -3.30. The van der Waals surface area contributed by atoms with E-state index in [2.05, 4.69) is 20.9 Å². The predicted octanol–water partition coefficient (Wildman–Crippen LogP) is 1.04. The Kier molecular flexibility index (Phi) is 2.29. The Hall–Kier alpha value is -0.200. The summed E-state index contributed by atoms with van der Waals surface area (Å²) in [5, 5.41) is 0.247. The van der Waals surface area contributed by atoms with Gasteiger partial charge in [-0.25, -0.2) is 13.4 Å². The van der Waals surface area contributed by atoms with Gasteiger partial charge in [-0.3, -0.25) is 0 Å². The second-order valence-electron chi connectivity index (χ2n) is 2.96. The quantitative estimate of drug-likeness (QED) is 0.712. The molecule has 0 aromatic heterocycles. The van der Waals surface area contributed by atoms with E-state index in [0.29, 0.717) is 13.2 Å². The van der Waals surface area contributed by atoms with Crippen LogP contribution in [0.1, 0.15) is 6.42 Å². The summed E-state index contributed by atoms with van der Waals surface area (Å²) in [5.74, 6) is -0.0590. The Morgan fingerprint density at radius 1 is 1.62 bits per heavy atom. The second kappa shape index (κ2) is 3.18. The molecule has 1 atom stereocenters. The summed E-state index contributed by atoms with van der Waals surface area (Å²) < 4.78 is 28.4. The molecule has 2 aliphatic heterocycles. The molecule has 1 fully saturated rings. The van der Waals surface area contributed by atoms with Crippen molar-refractivity contribution in [3.8, 4) is 0 Å². The fourth-order valence-corrected chi connectivity index (χ4v) is 3.21. The monoisotopic (exact) mass is 265 g/mol. The summed E-state index contributed by atoms with van der Waals surface area (Å²) in [7, 11) is -3.30. The molecule has 0 aromatic rings. The van der Waals surface area contributed by atoms with E-state index in [1.165, 1.54) is 6.20 Å². The Balaban J connectivity index is 2.29. The van der Waals surface area contributed by atoms with E-state index < -0.39 is 9.84 Å². The van der Waals surface area contributed by atoms with Crippen LogP contribution in [0.5, 0.6) is 0 Å². The molecule has 4 nitrogen and oxygen atoms in total. The van der Waals surface area contributed by atoms with E-state index in [-0.39, 0.29) is 14.8 Å². The molecule has 0 aliphatic carbocycles. The van der Waals surface area contributed by atoms with Gasteiger partial charge in [0.05, 0.1) is 12.8 Å². The van der Waals surface area contributed by atoms with E-state index in [4.69, 9.17) is 4.74 Å². The first kappa shape index (κ1) is 9.36. The van der Waals surface area contributed by atoms with Gasteiger partial charge in [-0.2, -0.15) is 0 Å². The van der Waals surface area contributed by atoms with Crippen molar-refractivity contribution in [2.45, 2.75) is 6.42 Å². The van der Waals surface area contributed by atoms with Crippen molar-refractivity contribution in [2.24, 2.45) is 10.9 Å². The fourth-order valence-electron chi connectivity index (χ4n) is 1.41. The molecule has 2 aliphatic rings. The van der Waals surface area contributed by atoms with Crippen molar-refractivity contribution in [3.63, 3.8) is 0 Å². The van der Waals surface area contributed by atoms with Crippen LogP contribution in [0.4, 0.5) is 0 Å². The molecule has 1 saturated heterocycles. The van der Waals surface area contributed by atoms with Gasteiger partial charge in [-0.05, 0) is 22.4 Å². The molecule has 0 saturated carbocycles. The molecule has 0 spiro atoms. The highest BCUT2D eigenvalue weighted by molar-refractivity contribution is 9.14. The van der Waals surface area contributed by atoms with Crippen molar-refractivity contribution < 1.29 is 13.2 Å². The number of hydrogen-bond acceptors (Lipinski definition) is 4. The smallest absolute Gasteiger partial charge is 0.228 e. The van der Waals surface area contributed by atoms with E-state index in [9.17, 15) is 8.42 Å². The summed E-state index contributed by atoms with van der Waals surface area (Å²) in [6, 6.07) is 0. The number of nitrogens with zero attached hydrogens (tertiary/aromatic N) is 1. The van der Waals surface area contributed by atoms with Gasteiger partial charge in [-0.1, -0.05) is 0 Å². The van der Waals surface area contributed by atoms with Gasteiger partial charge < -0.3 is 4.74 Å². The predicted molar refractivity (Wildman–Crippen MR) is 52.3 cm³/mol. The minimum Gasteiger partial charge on any atom is -0.381 e. The van der Waals surface area contributed by atoms with Crippen LogP contribution >= 0.6 is 15.9 Å². The van der Waals surface area contributed by atoms with Crippen LogP contribution < -0.4 is 0 Å². The molecule has 0 aromatic carbocycles. The first-order chi connectivity index (χ1) is 6.12. The van der Waals surface area contributed by atoms with Gasteiger partial charge in [0.25, 0.3) is 0 Å². The Labute approximate surface area is 84.7 Å². The fraction of sp³-hybridized carbons (Fsp3) is 0.571. The summed E-state index contributed by atoms with van der Waals surface area (Å²) in [6.07, 6.45) is 2.08. The summed E-state index contributed by atoms with van der Waals surface area (Å²) >= 11 is 2.97. The van der Waals surface area contributed by atoms with Gasteiger partial charge >= 0.3 is 0 Å². The lowest BCUT2D eigenvalue weighted by Gasteiger charge is -2.06. The Morgan fingerprint density at radius 2 is 2.38 bits per heavy atom. The zero-order valence-electron chi connectivity index (χ0n) is 6.73. The van der Waals surface area contributed by atoms with Crippen LogP contribution in [0.25, 0.3) is 0 Å². The third-order valence-electron chi connectivity index (χ3n) is 2.10. The lowest BCUT2D eigenvalue weighted by Crippen LogP contribution is -2.21. The molecule has 1 unspecified atom stereocenters. The number of rotatable bonds is 1. The van der Waals surface area contributed by atoms with Crippen molar-refractivity contribution in [2.75, 3.05) is 13.2 Å². The molecule has 2 rings (SSSR count). The highest BCUT2D eigenvalue weighted by Crippen LogP contribution is 2.29. The molecule has 0 radical (unpaired) electrons. The summed E-state index contributed by atoms with van der Waals surface area (Å²) in [5.41, 5.74) is 0. The second-order valence-corrected chi connectivity index (χ2v) is 6.21. The zero-order chi connectivity index (χ0) is 9.47. The lowest BCUT2D eigenvalue weighted by atomic mass is 10.1. The third kappa shape index (κ3) is 1.47. The minimum absolute atomic E-state index is 0.0590. The van der Waals surface area contributed by atoms with Crippen molar-refractivity contribution in [1.29, 1.82) is 0 Å². The van der Waals surface area contributed by atoms with Crippen LogP contribution in [0, 0.1) is 5.92 Å². The van der Waals surface area contributed by atoms with Crippen molar-refractivity contribution >= 4 is 30.8 Å². The normalized spacial score (nSPS) is 31.6. The molecule has 2 heterocycles. The van der Waals surface area contributed by atoms with Crippen LogP contribution in [0.15, 0.2) is 15.0 Å². The van der Waals surface area contributed by atoms with E-state index in [1.807, 2.05) is 0 Å². The average molecular weight is 266 g/mol. The standard InChI is InChI=1S/C7H8BrNO3S/c8-6-3-9-7(13(6,10)11)5-1-2-12-4-5/h3,5H,1-2,4H2. The maximum atomic E-state index is 11.6. The molecule has 0 N–H and O–H groups in total. The van der Waals surface area contributed by atoms with Crippen molar-refractivity contribution in [3.05, 3.63) is 10.0 Å². The largest absolute Gasteiger partial charge is 0.381 e. The first-order valence-corrected chi connectivity index (χ1v) is 6.16. The number of hydrogen-bond donors (Lipinski definition) is 0. The number of halogens is 1. The Bertz CT molecular complexity index is 379. The molecular formula is C7H8BrNO3S. The van der Waals surface area contributed by atoms with Crippen LogP contribution in [-0.4, -0.2) is 26.7 Å². The molecule has 6 heteroatoms. The summed E-state index contributed by atoms with van der Waals surface area (Å²) in [4.78, 5) is 3.89. The SMILES string of the molecule is O=S1(=O)C(Br)=CN=C1C1CCOC1. The molecule has 13 heavy (non-hydrogen) atoms. The third-order valence-corrected chi connectivity index (χ3v) is 5.20. The average Bonchev–Trinajstić information content (AvgIpc) is 2.62. The van der Waals surface area contributed by atoms with E-state index in [1.54, 1.807) is 0 Å². The van der Waals surface area contributed by atoms with E-state index >= 15 is 0 Å². The molecule has 0 bridgehead atoms. The van der Waals surface area contributed by atoms with E-state index in [0.717, 1.165) is 6.42 Å². The van der Waals surface area contributed by atoms with Gasteiger partial charge in [0.15, 0.2) is 0 Å². The Morgan fingerprint density at radius 3 is 2.85 bits per heavy atom. The summed E-state index contributed by atoms with van der Waals surface area (Å²) in [6.45, 7) is 1.09. The highest BCUT2D eigenvalue weighted by Gasteiger charge is 2.35. The lowest BCUT2D eigenvalue weighted by molar-refractivity contribution is 0.193. The maximum absolute atomic E-state index is 11.6. The van der Waals surface area contributed by atoms with Crippen LogP contribution in [0.2, 0.25) is 0 Å². The van der Waals surface area contributed by atoms with Gasteiger partial charge in [0.1, 0.15) is 8.86 Å². The molecule has 72 valence electrons. The van der Waals surface area contributed by atoms with Gasteiger partial charge in [0.2, 0.25) is 9.84 Å². The topological polar surface area (TPSA) is 55.7 Å². The van der Waals surface area contributed by atoms with Crippen LogP contribution in [0.3, 0.4) is 0 Å². The molecular weight excluding hydrogens is 258 g/mol. The van der Waals surface area contributed by atoms with Crippen LogP contribution in [-0.2, 0) is 14.6 Å². The zero-order valence-corrected chi connectivity index (χ0v) is 9.14. The number of ether oxygens (including phenoxy) is 1. The number of sulfone groups is 1. The molecule has 0 amide bonds. The first-order valence-electron chi connectivity index (χ1n) is 3.88. The van der Waals surface area contributed by atoms with Gasteiger partial charge in [0, 0.05) is 12.5 Å². The maximum Gasteiger partial charge on any atom is 0.228 e. The van der Waals surface area contributed by atoms with Gasteiger partial charge in [-0.15, -0.1) is 0 Å². The van der Waals surface area contributed by atoms with Crippen molar-refractivity contribution in [1.82, 2.24) is 0 Å². The highest BCUT2D eigenvalue weighted by atomic mass is 79.9. The number of aliphatic imine (C=N–C) groups is 1.